The predicted molar refractivity (Wildman–Crippen MR) is 71.9 cm³/mol. The maximum atomic E-state index is 11.8. The second-order valence-electron chi connectivity index (χ2n) is 5.16. The van der Waals surface area contributed by atoms with E-state index in [1.165, 1.54) is 0 Å². The summed E-state index contributed by atoms with van der Waals surface area (Å²) >= 11 is 0. The summed E-state index contributed by atoms with van der Waals surface area (Å²) in [5.41, 5.74) is 6.82. The Balaban J connectivity index is 2.36. The number of carbonyl (C=O) groups is 1. The normalized spacial score (nSPS) is 18.6. The van der Waals surface area contributed by atoms with E-state index in [9.17, 15) is 4.79 Å². The van der Waals surface area contributed by atoms with Crippen LogP contribution in [0.2, 0.25) is 0 Å². The van der Waals surface area contributed by atoms with Crippen molar-refractivity contribution in [2.45, 2.75) is 38.7 Å². The molecule has 2 rings (SSSR count). The van der Waals surface area contributed by atoms with Gasteiger partial charge in [0.1, 0.15) is 5.75 Å². The first kappa shape index (κ1) is 12.9. The van der Waals surface area contributed by atoms with Gasteiger partial charge in [-0.3, -0.25) is 4.79 Å². The Morgan fingerprint density at radius 3 is 2.78 bits per heavy atom. The molecule has 1 unspecified atom stereocenters. The molecule has 0 aliphatic carbocycles. The molecule has 0 bridgehead atoms. The Bertz CT molecular complexity index is 465. The van der Waals surface area contributed by atoms with E-state index in [0.717, 1.165) is 23.4 Å². The summed E-state index contributed by atoms with van der Waals surface area (Å²) in [5.74, 6) is 0.942. The maximum Gasteiger partial charge on any atom is 0.268 e. The summed E-state index contributed by atoms with van der Waals surface area (Å²) in [5, 5.41) is 2.86. The number of fused-ring (bicyclic) bond motifs is 1. The van der Waals surface area contributed by atoms with Crippen LogP contribution in [0.4, 0.5) is 5.69 Å². The van der Waals surface area contributed by atoms with E-state index < -0.39 is 5.60 Å². The van der Waals surface area contributed by atoms with Gasteiger partial charge < -0.3 is 15.8 Å². The smallest absolute Gasteiger partial charge is 0.268 e. The van der Waals surface area contributed by atoms with E-state index in [0.29, 0.717) is 12.5 Å². The van der Waals surface area contributed by atoms with Gasteiger partial charge in [-0.2, -0.15) is 0 Å². The monoisotopic (exact) mass is 248 g/mol. The van der Waals surface area contributed by atoms with Crippen LogP contribution in [0.3, 0.4) is 0 Å². The predicted octanol–water partition coefficient (Wildman–Crippen LogP) is 2.25. The molecular weight excluding hydrogens is 228 g/mol. The lowest BCUT2D eigenvalue weighted by Gasteiger charge is -2.32. The fourth-order valence-corrected chi connectivity index (χ4v) is 2.11. The molecule has 0 aromatic heterocycles. The molecule has 18 heavy (non-hydrogen) atoms. The van der Waals surface area contributed by atoms with Crippen molar-refractivity contribution in [3.63, 3.8) is 0 Å². The Labute approximate surface area is 108 Å². The molecule has 1 heterocycles. The first-order chi connectivity index (χ1) is 8.47. The summed E-state index contributed by atoms with van der Waals surface area (Å²) in [7, 11) is 0. The van der Waals surface area contributed by atoms with Gasteiger partial charge in [0, 0.05) is 0 Å². The molecule has 0 saturated heterocycles. The van der Waals surface area contributed by atoms with Gasteiger partial charge in [0.2, 0.25) is 0 Å². The average Bonchev–Trinajstić information content (AvgIpc) is 2.32. The third-order valence-corrected chi connectivity index (χ3v) is 3.41. The van der Waals surface area contributed by atoms with Crippen molar-refractivity contribution in [2.24, 2.45) is 5.73 Å². The van der Waals surface area contributed by atoms with Crippen molar-refractivity contribution < 1.29 is 9.53 Å². The molecule has 1 aliphatic heterocycles. The molecule has 4 heteroatoms. The number of benzene rings is 1. The molecule has 1 aliphatic rings. The molecule has 1 aromatic carbocycles. The zero-order chi connectivity index (χ0) is 13.3. The van der Waals surface area contributed by atoms with Crippen LogP contribution in [0.15, 0.2) is 18.2 Å². The minimum Gasteiger partial charge on any atom is -0.476 e. The van der Waals surface area contributed by atoms with Crippen LogP contribution >= 0.6 is 0 Å². The lowest BCUT2D eigenvalue weighted by atomic mass is 9.95. The van der Waals surface area contributed by atoms with E-state index in [1.54, 1.807) is 13.8 Å². The molecule has 0 fully saturated rings. The van der Waals surface area contributed by atoms with Gasteiger partial charge in [0.25, 0.3) is 5.91 Å². The summed E-state index contributed by atoms with van der Waals surface area (Å²) in [6.07, 6.45) is 0.991. The first-order valence-electron chi connectivity index (χ1n) is 6.32. The molecule has 0 saturated carbocycles. The zero-order valence-corrected chi connectivity index (χ0v) is 11.1. The highest BCUT2D eigenvalue weighted by atomic mass is 16.5. The molecule has 0 radical (unpaired) electrons. The number of nitrogens with two attached hydrogens (primary N) is 1. The standard InChI is InChI=1S/C14H20N2O2/c1-4-9(8-15)10-5-6-11-12(7-10)18-14(2,3)13(17)16-11/h5-7,9H,4,8,15H2,1-3H3,(H,16,17). The van der Waals surface area contributed by atoms with Crippen molar-refractivity contribution in [1.29, 1.82) is 0 Å². The zero-order valence-electron chi connectivity index (χ0n) is 11.1. The van der Waals surface area contributed by atoms with E-state index in [2.05, 4.69) is 12.2 Å². The fraction of sp³-hybridized carbons (Fsp3) is 0.500. The Hall–Kier alpha value is -1.55. The van der Waals surface area contributed by atoms with Crippen LogP contribution in [-0.4, -0.2) is 18.1 Å². The van der Waals surface area contributed by atoms with Gasteiger partial charge in [0.05, 0.1) is 5.69 Å². The number of amides is 1. The third kappa shape index (κ3) is 2.20. The quantitative estimate of drug-likeness (QED) is 0.862. The van der Waals surface area contributed by atoms with Crippen LogP contribution < -0.4 is 15.8 Å². The highest BCUT2D eigenvalue weighted by Gasteiger charge is 2.35. The summed E-state index contributed by atoms with van der Waals surface area (Å²) in [4.78, 5) is 11.8. The van der Waals surface area contributed by atoms with Gasteiger partial charge in [-0.15, -0.1) is 0 Å². The lowest BCUT2D eigenvalue weighted by molar-refractivity contribution is -0.129. The maximum absolute atomic E-state index is 11.8. The highest BCUT2D eigenvalue weighted by molar-refractivity contribution is 6.00. The van der Waals surface area contributed by atoms with Crippen LogP contribution in [0.25, 0.3) is 0 Å². The minimum atomic E-state index is -0.823. The molecule has 0 spiro atoms. The molecule has 4 nitrogen and oxygen atoms in total. The van der Waals surface area contributed by atoms with Gasteiger partial charge >= 0.3 is 0 Å². The highest BCUT2D eigenvalue weighted by Crippen LogP contribution is 2.36. The number of nitrogens with one attached hydrogen (secondary N) is 1. The van der Waals surface area contributed by atoms with E-state index >= 15 is 0 Å². The second kappa shape index (κ2) is 4.61. The minimum absolute atomic E-state index is 0.117. The molecule has 1 aromatic rings. The summed E-state index contributed by atoms with van der Waals surface area (Å²) < 4.78 is 5.76. The van der Waals surface area contributed by atoms with Crippen LogP contribution in [0, 0.1) is 0 Å². The number of anilines is 1. The van der Waals surface area contributed by atoms with Crippen LogP contribution in [0.5, 0.6) is 5.75 Å². The van der Waals surface area contributed by atoms with Crippen LogP contribution in [0.1, 0.15) is 38.7 Å². The summed E-state index contributed by atoms with van der Waals surface area (Å²) in [6, 6.07) is 5.87. The Kier molecular flexibility index (Phi) is 3.30. The van der Waals surface area contributed by atoms with Crippen molar-refractivity contribution >= 4 is 11.6 Å². The van der Waals surface area contributed by atoms with Gasteiger partial charge in [-0.05, 0) is 50.4 Å². The second-order valence-corrected chi connectivity index (χ2v) is 5.16. The van der Waals surface area contributed by atoms with E-state index in [1.807, 2.05) is 18.2 Å². The number of ether oxygens (including phenoxy) is 1. The SMILES string of the molecule is CCC(CN)c1ccc2c(c1)OC(C)(C)C(=O)N2. The molecule has 1 amide bonds. The molecular formula is C14H20N2O2. The first-order valence-corrected chi connectivity index (χ1v) is 6.32. The fourth-order valence-electron chi connectivity index (χ4n) is 2.11. The largest absolute Gasteiger partial charge is 0.476 e. The van der Waals surface area contributed by atoms with Gasteiger partial charge in [-0.25, -0.2) is 0 Å². The van der Waals surface area contributed by atoms with Gasteiger partial charge in [0.15, 0.2) is 5.60 Å². The third-order valence-electron chi connectivity index (χ3n) is 3.41. The van der Waals surface area contributed by atoms with Crippen molar-refractivity contribution in [3.8, 4) is 5.75 Å². The van der Waals surface area contributed by atoms with Crippen molar-refractivity contribution in [2.75, 3.05) is 11.9 Å². The Morgan fingerprint density at radius 1 is 1.44 bits per heavy atom. The summed E-state index contributed by atoms with van der Waals surface area (Å²) in [6.45, 7) is 6.25. The number of carbonyl (C=O) groups excluding carboxylic acids is 1. The Morgan fingerprint density at radius 2 is 2.17 bits per heavy atom. The average molecular weight is 248 g/mol. The number of hydrogen-bond acceptors (Lipinski definition) is 3. The van der Waals surface area contributed by atoms with Gasteiger partial charge in [-0.1, -0.05) is 13.0 Å². The van der Waals surface area contributed by atoms with Crippen molar-refractivity contribution in [3.05, 3.63) is 23.8 Å². The topological polar surface area (TPSA) is 64.3 Å². The molecule has 98 valence electrons. The number of rotatable bonds is 3. The van der Waals surface area contributed by atoms with E-state index in [4.69, 9.17) is 10.5 Å². The lowest BCUT2D eigenvalue weighted by Crippen LogP contribution is -2.45. The molecule has 3 N–H and O–H groups in total. The van der Waals surface area contributed by atoms with Crippen LogP contribution in [-0.2, 0) is 4.79 Å². The van der Waals surface area contributed by atoms with E-state index in [-0.39, 0.29) is 5.91 Å². The number of hydrogen-bond donors (Lipinski definition) is 2. The molecule has 1 atom stereocenters. The van der Waals surface area contributed by atoms with Crippen molar-refractivity contribution in [1.82, 2.24) is 0 Å².